The van der Waals surface area contributed by atoms with Crippen LogP contribution in [-0.2, 0) is 9.59 Å². The predicted octanol–water partition coefficient (Wildman–Crippen LogP) is 1.10. The molecule has 0 aromatic rings. The lowest BCUT2D eigenvalue weighted by atomic mass is 10.0. The van der Waals surface area contributed by atoms with Crippen LogP contribution in [-0.4, -0.2) is 42.3 Å². The zero-order valence-corrected chi connectivity index (χ0v) is 10.4. The van der Waals surface area contributed by atoms with Crippen molar-refractivity contribution in [3.05, 3.63) is 0 Å². The lowest BCUT2D eigenvalue weighted by Crippen LogP contribution is -2.47. The fourth-order valence-corrected chi connectivity index (χ4v) is 2.90. The zero-order chi connectivity index (χ0) is 12.1. The molecule has 0 bridgehead atoms. The van der Waals surface area contributed by atoms with Crippen molar-refractivity contribution in [1.29, 1.82) is 0 Å². The number of hydrogen-bond donors (Lipinski definition) is 1. The Morgan fingerprint density at radius 1 is 1.18 bits per heavy atom. The van der Waals surface area contributed by atoms with Gasteiger partial charge in [-0.15, -0.1) is 0 Å². The molecule has 4 nitrogen and oxygen atoms in total. The minimum absolute atomic E-state index is 0.0434. The van der Waals surface area contributed by atoms with E-state index in [0.29, 0.717) is 12.6 Å². The fraction of sp³-hybridized carbons (Fsp3) is 0.846. The van der Waals surface area contributed by atoms with E-state index < -0.39 is 0 Å². The van der Waals surface area contributed by atoms with Gasteiger partial charge in [-0.2, -0.15) is 0 Å². The van der Waals surface area contributed by atoms with Crippen LogP contribution in [0.25, 0.3) is 0 Å². The number of carbonyl (C=O) groups is 2. The average Bonchev–Trinajstić information content (AvgIpc) is 2.82. The molecule has 1 aliphatic heterocycles. The Kier molecular flexibility index (Phi) is 4.54. The van der Waals surface area contributed by atoms with Crippen LogP contribution in [0.3, 0.4) is 0 Å². The number of carbonyl (C=O) groups excluding carboxylic acids is 2. The molecule has 0 aromatic heterocycles. The Balaban J connectivity index is 1.77. The van der Waals surface area contributed by atoms with Crippen molar-refractivity contribution in [3.63, 3.8) is 0 Å². The van der Waals surface area contributed by atoms with E-state index in [4.69, 9.17) is 0 Å². The Bertz CT molecular complexity index is 275. The number of nitrogens with one attached hydrogen (secondary N) is 1. The van der Waals surface area contributed by atoms with Crippen LogP contribution in [0.4, 0.5) is 0 Å². The SMILES string of the molecule is O=CC1CCCCN1CC(=O)NC1CCCC1. The highest BCUT2D eigenvalue weighted by Crippen LogP contribution is 2.18. The van der Waals surface area contributed by atoms with Gasteiger partial charge in [-0.1, -0.05) is 19.3 Å². The van der Waals surface area contributed by atoms with Gasteiger partial charge >= 0.3 is 0 Å². The molecule has 17 heavy (non-hydrogen) atoms. The standard InChI is InChI=1S/C13H22N2O2/c16-10-12-7-3-4-8-15(12)9-13(17)14-11-5-1-2-6-11/h10-12H,1-9H2,(H,14,17). The molecule has 1 unspecified atom stereocenters. The van der Waals surface area contributed by atoms with Gasteiger partial charge < -0.3 is 10.1 Å². The van der Waals surface area contributed by atoms with Gasteiger partial charge in [-0.05, 0) is 32.2 Å². The highest BCUT2D eigenvalue weighted by molar-refractivity contribution is 5.79. The normalized spacial score (nSPS) is 26.9. The monoisotopic (exact) mass is 238 g/mol. The average molecular weight is 238 g/mol. The first kappa shape index (κ1) is 12.6. The summed E-state index contributed by atoms with van der Waals surface area (Å²) in [5, 5.41) is 3.07. The molecule has 1 saturated carbocycles. The van der Waals surface area contributed by atoms with Crippen molar-refractivity contribution < 1.29 is 9.59 Å². The van der Waals surface area contributed by atoms with E-state index in [2.05, 4.69) is 5.32 Å². The summed E-state index contributed by atoms with van der Waals surface area (Å²) in [6.07, 6.45) is 8.77. The lowest BCUT2D eigenvalue weighted by molar-refractivity contribution is -0.125. The van der Waals surface area contributed by atoms with Crippen molar-refractivity contribution in [2.45, 2.75) is 57.0 Å². The van der Waals surface area contributed by atoms with Gasteiger partial charge in [-0.25, -0.2) is 0 Å². The van der Waals surface area contributed by atoms with E-state index in [9.17, 15) is 9.59 Å². The van der Waals surface area contributed by atoms with Crippen LogP contribution in [0.1, 0.15) is 44.9 Å². The molecule has 96 valence electrons. The van der Waals surface area contributed by atoms with E-state index >= 15 is 0 Å². The first-order chi connectivity index (χ1) is 8.29. The molecule has 1 amide bonds. The topological polar surface area (TPSA) is 49.4 Å². The second-order valence-electron chi connectivity index (χ2n) is 5.22. The third-order valence-corrected chi connectivity index (χ3v) is 3.89. The first-order valence-electron chi connectivity index (χ1n) is 6.78. The third-order valence-electron chi connectivity index (χ3n) is 3.89. The maximum Gasteiger partial charge on any atom is 0.234 e. The number of piperidine rings is 1. The van der Waals surface area contributed by atoms with Crippen LogP contribution in [0.15, 0.2) is 0 Å². The molecule has 0 radical (unpaired) electrons. The molecule has 1 saturated heterocycles. The van der Waals surface area contributed by atoms with Gasteiger partial charge in [0.2, 0.25) is 5.91 Å². The summed E-state index contributed by atoms with van der Waals surface area (Å²) in [5.74, 6) is 0.0886. The molecular formula is C13H22N2O2. The van der Waals surface area contributed by atoms with Crippen molar-refractivity contribution in [2.75, 3.05) is 13.1 Å². The molecule has 1 N–H and O–H groups in total. The molecule has 1 aliphatic carbocycles. The number of aldehydes is 1. The van der Waals surface area contributed by atoms with Crippen LogP contribution in [0.2, 0.25) is 0 Å². The minimum Gasteiger partial charge on any atom is -0.352 e. The summed E-state index contributed by atoms with van der Waals surface area (Å²) in [6.45, 7) is 1.27. The second-order valence-corrected chi connectivity index (χ2v) is 5.22. The number of rotatable bonds is 4. The molecule has 4 heteroatoms. The Morgan fingerprint density at radius 2 is 1.88 bits per heavy atom. The third kappa shape index (κ3) is 3.53. The molecule has 2 fully saturated rings. The Hall–Kier alpha value is -0.900. The summed E-state index contributed by atoms with van der Waals surface area (Å²) in [6, 6.07) is 0.333. The summed E-state index contributed by atoms with van der Waals surface area (Å²) in [7, 11) is 0. The largest absolute Gasteiger partial charge is 0.352 e. The highest BCUT2D eigenvalue weighted by Gasteiger charge is 2.25. The van der Waals surface area contributed by atoms with Crippen LogP contribution in [0.5, 0.6) is 0 Å². The maximum atomic E-state index is 11.9. The number of amides is 1. The van der Waals surface area contributed by atoms with E-state index in [-0.39, 0.29) is 11.9 Å². The van der Waals surface area contributed by atoms with Gasteiger partial charge in [0.05, 0.1) is 12.6 Å². The lowest BCUT2D eigenvalue weighted by Gasteiger charge is -2.31. The van der Waals surface area contributed by atoms with Gasteiger partial charge in [-0.3, -0.25) is 9.69 Å². The number of nitrogens with zero attached hydrogens (tertiary/aromatic N) is 1. The van der Waals surface area contributed by atoms with Crippen LogP contribution >= 0.6 is 0 Å². The quantitative estimate of drug-likeness (QED) is 0.746. The molecule has 1 heterocycles. The number of hydrogen-bond acceptors (Lipinski definition) is 3. The summed E-state index contributed by atoms with van der Waals surface area (Å²) in [5.41, 5.74) is 0. The smallest absolute Gasteiger partial charge is 0.234 e. The highest BCUT2D eigenvalue weighted by atomic mass is 16.2. The zero-order valence-electron chi connectivity index (χ0n) is 10.4. The second kappa shape index (κ2) is 6.15. The van der Waals surface area contributed by atoms with Crippen LogP contribution in [0, 0.1) is 0 Å². The number of likely N-dealkylation sites (tertiary alicyclic amines) is 1. The summed E-state index contributed by atoms with van der Waals surface area (Å²) < 4.78 is 0. The van der Waals surface area contributed by atoms with E-state index in [1.807, 2.05) is 4.90 Å². The van der Waals surface area contributed by atoms with Crippen LogP contribution < -0.4 is 5.32 Å². The summed E-state index contributed by atoms with van der Waals surface area (Å²) in [4.78, 5) is 24.8. The maximum absolute atomic E-state index is 11.9. The predicted molar refractivity (Wildman–Crippen MR) is 65.7 cm³/mol. The molecule has 2 aliphatic rings. The van der Waals surface area contributed by atoms with Gasteiger partial charge in [0.25, 0.3) is 0 Å². The van der Waals surface area contributed by atoms with Crippen molar-refractivity contribution in [3.8, 4) is 0 Å². The molecule has 0 spiro atoms. The molecular weight excluding hydrogens is 216 g/mol. The van der Waals surface area contributed by atoms with E-state index in [1.54, 1.807) is 0 Å². The first-order valence-corrected chi connectivity index (χ1v) is 6.78. The van der Waals surface area contributed by atoms with Crippen molar-refractivity contribution in [1.82, 2.24) is 10.2 Å². The van der Waals surface area contributed by atoms with Crippen molar-refractivity contribution in [2.24, 2.45) is 0 Å². The van der Waals surface area contributed by atoms with Gasteiger partial charge in [0, 0.05) is 6.04 Å². The van der Waals surface area contributed by atoms with E-state index in [1.165, 1.54) is 12.8 Å². The Labute approximate surface area is 103 Å². The molecule has 2 rings (SSSR count). The van der Waals surface area contributed by atoms with Gasteiger partial charge in [0.1, 0.15) is 6.29 Å². The summed E-state index contributed by atoms with van der Waals surface area (Å²) >= 11 is 0. The molecule has 1 atom stereocenters. The van der Waals surface area contributed by atoms with Crippen molar-refractivity contribution >= 4 is 12.2 Å². The molecule has 0 aromatic carbocycles. The minimum atomic E-state index is -0.0434. The van der Waals surface area contributed by atoms with E-state index in [0.717, 1.165) is 44.9 Å². The fourth-order valence-electron chi connectivity index (χ4n) is 2.90. The van der Waals surface area contributed by atoms with Gasteiger partial charge in [0.15, 0.2) is 0 Å². The Morgan fingerprint density at radius 3 is 2.59 bits per heavy atom.